The lowest BCUT2D eigenvalue weighted by molar-refractivity contribution is 0.0944. The first-order chi connectivity index (χ1) is 11.3. The molecule has 0 spiro atoms. The summed E-state index contributed by atoms with van der Waals surface area (Å²) in [6.07, 6.45) is 4.85. The van der Waals surface area contributed by atoms with Gasteiger partial charge in [0.2, 0.25) is 0 Å². The van der Waals surface area contributed by atoms with Crippen LogP contribution in [0.25, 0.3) is 10.6 Å². The van der Waals surface area contributed by atoms with Crippen molar-refractivity contribution >= 4 is 23.5 Å². The second-order valence-corrected chi connectivity index (χ2v) is 6.06. The smallest absolute Gasteiger partial charge is 0.273 e. The Balaban J connectivity index is 1.35. The van der Waals surface area contributed by atoms with Crippen molar-refractivity contribution in [3.05, 3.63) is 40.9 Å². The molecule has 0 aliphatic carbocycles. The average molecular weight is 330 g/mol. The highest BCUT2D eigenvalue weighted by molar-refractivity contribution is 7.13. The van der Waals surface area contributed by atoms with Crippen molar-refractivity contribution in [2.24, 2.45) is 4.99 Å². The lowest BCUT2D eigenvalue weighted by Crippen LogP contribution is -2.28. The van der Waals surface area contributed by atoms with Crippen molar-refractivity contribution in [2.75, 3.05) is 26.2 Å². The van der Waals surface area contributed by atoms with Crippen LogP contribution in [-0.2, 0) is 0 Å². The Morgan fingerprint density at radius 2 is 2.35 bits per heavy atom. The van der Waals surface area contributed by atoms with Crippen LogP contribution >= 0.6 is 11.3 Å². The van der Waals surface area contributed by atoms with Crippen LogP contribution in [-0.4, -0.2) is 43.5 Å². The van der Waals surface area contributed by atoms with Gasteiger partial charge in [-0.3, -0.25) is 9.79 Å². The Morgan fingerprint density at radius 3 is 3.13 bits per heavy atom. The van der Waals surface area contributed by atoms with Gasteiger partial charge in [-0.05, 0) is 30.0 Å². The molecule has 3 rings (SSSR count). The van der Waals surface area contributed by atoms with Crippen molar-refractivity contribution in [1.29, 1.82) is 0 Å². The molecule has 3 heterocycles. The maximum Gasteiger partial charge on any atom is 0.273 e. The number of nitrogens with zero attached hydrogens (tertiary/aromatic N) is 2. The summed E-state index contributed by atoms with van der Waals surface area (Å²) in [7, 11) is 0. The summed E-state index contributed by atoms with van der Waals surface area (Å²) in [5, 5.41) is 11.9. The van der Waals surface area contributed by atoms with Gasteiger partial charge >= 0.3 is 0 Å². The third kappa shape index (κ3) is 4.37. The number of thiophene rings is 1. The average Bonchev–Trinajstić information content (AvgIpc) is 3.32. The lowest BCUT2D eigenvalue weighted by atomic mass is 10.3. The van der Waals surface area contributed by atoms with E-state index in [2.05, 4.69) is 26.9 Å². The van der Waals surface area contributed by atoms with E-state index in [0.29, 0.717) is 18.0 Å². The predicted molar refractivity (Wildman–Crippen MR) is 91.1 cm³/mol. The topological polar surface area (TPSA) is 79.5 Å². The summed E-state index contributed by atoms with van der Waals surface area (Å²) >= 11 is 1.55. The van der Waals surface area contributed by atoms with Crippen LogP contribution in [0.15, 0.2) is 44.7 Å². The van der Waals surface area contributed by atoms with Gasteiger partial charge in [0.25, 0.3) is 5.91 Å². The van der Waals surface area contributed by atoms with E-state index in [1.54, 1.807) is 17.4 Å². The highest BCUT2D eigenvalue weighted by atomic mass is 32.1. The van der Waals surface area contributed by atoms with Crippen molar-refractivity contribution in [1.82, 2.24) is 15.8 Å². The molecular formula is C16H18N4O2S. The number of nitrogens with one attached hydrogen (secondary N) is 2. The number of carbonyl (C=O) groups is 1. The SMILES string of the molecule is O=C(NCCCNCC1=CCN=C1)c1cc(-c2cccs2)on1. The predicted octanol–water partition coefficient (Wildman–Crippen LogP) is 2.12. The molecule has 2 aromatic rings. The van der Waals surface area contributed by atoms with E-state index in [-0.39, 0.29) is 5.91 Å². The number of aliphatic imine (C=N–C) groups is 1. The van der Waals surface area contributed by atoms with Gasteiger partial charge in [0.05, 0.1) is 11.4 Å². The molecule has 0 saturated heterocycles. The van der Waals surface area contributed by atoms with Gasteiger partial charge in [0.15, 0.2) is 11.5 Å². The highest BCUT2D eigenvalue weighted by Gasteiger charge is 2.13. The third-order valence-electron chi connectivity index (χ3n) is 3.37. The molecular weight excluding hydrogens is 312 g/mol. The fraction of sp³-hybridized carbons (Fsp3) is 0.312. The molecule has 0 radical (unpaired) electrons. The third-order valence-corrected chi connectivity index (χ3v) is 4.25. The molecule has 120 valence electrons. The molecule has 6 nitrogen and oxygen atoms in total. The molecule has 2 N–H and O–H groups in total. The lowest BCUT2D eigenvalue weighted by Gasteiger charge is -2.05. The maximum absolute atomic E-state index is 12.0. The molecule has 1 amide bonds. The molecule has 0 atom stereocenters. The first kappa shape index (κ1) is 15.6. The Morgan fingerprint density at radius 1 is 1.39 bits per heavy atom. The number of rotatable bonds is 8. The largest absolute Gasteiger partial charge is 0.355 e. The fourth-order valence-corrected chi connectivity index (χ4v) is 2.84. The van der Waals surface area contributed by atoms with E-state index in [4.69, 9.17) is 4.52 Å². The van der Waals surface area contributed by atoms with E-state index in [9.17, 15) is 4.79 Å². The number of amides is 1. The van der Waals surface area contributed by atoms with E-state index in [1.807, 2.05) is 23.7 Å². The standard InChI is InChI=1S/C16H18N4O2S/c21-16(13-9-14(22-20-13)15-3-1-8-23-15)19-6-2-5-17-10-12-4-7-18-11-12/h1,3-4,8-9,11,17H,2,5-7,10H2,(H,19,21). The van der Waals surface area contributed by atoms with E-state index in [1.165, 1.54) is 5.57 Å². The molecule has 0 saturated carbocycles. The minimum atomic E-state index is -0.206. The van der Waals surface area contributed by atoms with Gasteiger partial charge < -0.3 is 15.2 Å². The van der Waals surface area contributed by atoms with E-state index >= 15 is 0 Å². The zero-order valence-corrected chi connectivity index (χ0v) is 13.4. The van der Waals surface area contributed by atoms with Crippen LogP contribution in [0.1, 0.15) is 16.9 Å². The number of hydrogen-bond acceptors (Lipinski definition) is 6. The Labute approximate surface area is 138 Å². The zero-order valence-electron chi connectivity index (χ0n) is 12.6. The Hall–Kier alpha value is -2.25. The quantitative estimate of drug-likeness (QED) is 0.727. The van der Waals surface area contributed by atoms with Crippen LogP contribution in [0.5, 0.6) is 0 Å². The summed E-state index contributed by atoms with van der Waals surface area (Å²) in [5.41, 5.74) is 1.53. The van der Waals surface area contributed by atoms with E-state index < -0.39 is 0 Å². The number of hydrogen-bond donors (Lipinski definition) is 2. The highest BCUT2D eigenvalue weighted by Crippen LogP contribution is 2.24. The van der Waals surface area contributed by atoms with Crippen LogP contribution in [0.2, 0.25) is 0 Å². The molecule has 1 aliphatic rings. The summed E-state index contributed by atoms with van der Waals surface area (Å²) in [6.45, 7) is 3.05. The summed E-state index contributed by atoms with van der Waals surface area (Å²) < 4.78 is 5.20. The van der Waals surface area contributed by atoms with Gasteiger partial charge in [-0.25, -0.2) is 0 Å². The van der Waals surface area contributed by atoms with Crippen LogP contribution in [0.4, 0.5) is 0 Å². The Kier molecular flexibility index (Phi) is 5.33. The zero-order chi connectivity index (χ0) is 15.9. The fourth-order valence-electron chi connectivity index (χ4n) is 2.17. The molecule has 23 heavy (non-hydrogen) atoms. The van der Waals surface area contributed by atoms with Gasteiger partial charge in [-0.15, -0.1) is 11.3 Å². The number of carbonyl (C=O) groups excluding carboxylic acids is 1. The molecule has 0 aromatic carbocycles. The molecule has 0 fully saturated rings. The normalized spacial score (nSPS) is 13.3. The monoisotopic (exact) mass is 330 g/mol. The first-order valence-corrected chi connectivity index (χ1v) is 8.39. The summed E-state index contributed by atoms with van der Waals surface area (Å²) in [4.78, 5) is 17.1. The Bertz CT molecular complexity index is 703. The second kappa shape index (κ2) is 7.85. The summed E-state index contributed by atoms with van der Waals surface area (Å²) in [5.74, 6) is 0.417. The molecule has 7 heteroatoms. The molecule has 0 unspecified atom stereocenters. The molecule has 0 bridgehead atoms. The van der Waals surface area contributed by atoms with Gasteiger partial charge in [0.1, 0.15) is 0 Å². The van der Waals surface area contributed by atoms with Crippen molar-refractivity contribution in [3.8, 4) is 10.6 Å². The minimum absolute atomic E-state index is 0.206. The van der Waals surface area contributed by atoms with Crippen molar-refractivity contribution < 1.29 is 9.32 Å². The van der Waals surface area contributed by atoms with Crippen molar-refractivity contribution in [3.63, 3.8) is 0 Å². The van der Waals surface area contributed by atoms with Crippen molar-refractivity contribution in [2.45, 2.75) is 6.42 Å². The second-order valence-electron chi connectivity index (χ2n) is 5.11. The van der Waals surface area contributed by atoms with Gasteiger partial charge in [-0.1, -0.05) is 17.3 Å². The summed E-state index contributed by atoms with van der Waals surface area (Å²) in [6, 6.07) is 5.54. The first-order valence-electron chi connectivity index (χ1n) is 7.51. The van der Waals surface area contributed by atoms with Crippen LogP contribution < -0.4 is 10.6 Å². The van der Waals surface area contributed by atoms with E-state index in [0.717, 1.165) is 30.9 Å². The van der Waals surface area contributed by atoms with Gasteiger partial charge in [0, 0.05) is 25.4 Å². The molecule has 1 aliphatic heterocycles. The number of aromatic nitrogens is 1. The van der Waals surface area contributed by atoms with Crippen LogP contribution in [0.3, 0.4) is 0 Å². The van der Waals surface area contributed by atoms with Gasteiger partial charge in [-0.2, -0.15) is 0 Å². The maximum atomic E-state index is 12.0. The molecule has 2 aromatic heterocycles. The van der Waals surface area contributed by atoms with Crippen LogP contribution in [0, 0.1) is 0 Å². The minimum Gasteiger partial charge on any atom is -0.355 e.